The van der Waals surface area contributed by atoms with E-state index in [0.717, 1.165) is 16.3 Å². The second-order valence-corrected chi connectivity index (χ2v) is 6.27. The van der Waals surface area contributed by atoms with Crippen molar-refractivity contribution in [3.8, 4) is 0 Å². The molecule has 7 heteroatoms. The molecule has 1 N–H and O–H groups in total. The molecule has 1 atom stereocenters. The fourth-order valence-corrected chi connectivity index (χ4v) is 3.24. The molecule has 0 unspecified atom stereocenters. The summed E-state index contributed by atoms with van der Waals surface area (Å²) in [5.41, 5.74) is 0.498. The monoisotopic (exact) mass is 326 g/mol. The highest BCUT2D eigenvalue weighted by Gasteiger charge is 2.35. The van der Waals surface area contributed by atoms with Gasteiger partial charge in [0.2, 0.25) is 6.17 Å². The minimum Gasteiger partial charge on any atom is -0.465 e. The highest BCUT2D eigenvalue weighted by atomic mass is 32.2. The van der Waals surface area contributed by atoms with Gasteiger partial charge in [-0.3, -0.25) is 10.1 Å². The van der Waals surface area contributed by atoms with Crippen LogP contribution in [0.4, 0.5) is 0 Å². The molecule has 2 aromatic rings. The average Bonchev–Trinajstić information content (AvgIpc) is 3.08. The topological polar surface area (TPSA) is 70.2 Å². The van der Waals surface area contributed by atoms with Crippen LogP contribution in [-0.4, -0.2) is 21.8 Å². The number of nitrogens with one attached hydrogen (secondary N) is 1. The summed E-state index contributed by atoms with van der Waals surface area (Å²) in [5, 5.41) is 11.2. The summed E-state index contributed by atoms with van der Waals surface area (Å²) in [6.45, 7) is 2.01. The Labute approximate surface area is 136 Å². The van der Waals surface area contributed by atoms with Crippen molar-refractivity contribution in [1.29, 1.82) is 0 Å². The van der Waals surface area contributed by atoms with E-state index in [1.807, 2.05) is 37.3 Å². The van der Waals surface area contributed by atoms with Gasteiger partial charge in [0.25, 0.3) is 5.91 Å². The number of hydrogen-bond donors (Lipinski definition) is 1. The molecular formula is C16H14N4O2S. The Morgan fingerprint density at radius 3 is 2.96 bits per heavy atom. The third-order valence-electron chi connectivity index (χ3n) is 3.59. The quantitative estimate of drug-likeness (QED) is 0.899. The smallest absolute Gasteiger partial charge is 0.276 e. The van der Waals surface area contributed by atoms with Crippen LogP contribution in [0.3, 0.4) is 0 Å². The Kier molecular flexibility index (Phi) is 3.42. The van der Waals surface area contributed by atoms with Gasteiger partial charge in [0.15, 0.2) is 5.17 Å². The summed E-state index contributed by atoms with van der Waals surface area (Å²) < 4.78 is 5.51. The molecule has 0 spiro atoms. The highest BCUT2D eigenvalue weighted by Crippen LogP contribution is 2.30. The number of amidine groups is 1. The summed E-state index contributed by atoms with van der Waals surface area (Å²) >= 11 is 1.48. The van der Waals surface area contributed by atoms with Crippen molar-refractivity contribution in [2.45, 2.75) is 13.1 Å². The number of carbonyl (C=O) groups excluding carboxylic acids is 1. The number of nitrogens with zero attached hydrogens (tertiary/aromatic N) is 3. The van der Waals surface area contributed by atoms with Crippen LogP contribution >= 0.6 is 11.8 Å². The van der Waals surface area contributed by atoms with Crippen LogP contribution in [0.1, 0.15) is 18.8 Å². The second kappa shape index (κ2) is 5.58. The van der Waals surface area contributed by atoms with Crippen LogP contribution < -0.4 is 15.9 Å². The number of carbonyl (C=O) groups is 1. The molecule has 6 nitrogen and oxygen atoms in total. The Morgan fingerprint density at radius 2 is 2.17 bits per heavy atom. The lowest BCUT2D eigenvalue weighted by molar-refractivity contribution is -0.116. The van der Waals surface area contributed by atoms with Crippen LogP contribution in [0.15, 0.2) is 57.2 Å². The number of hydrogen-bond acceptors (Lipinski definition) is 6. The van der Waals surface area contributed by atoms with E-state index >= 15 is 0 Å². The molecule has 1 amide bonds. The van der Waals surface area contributed by atoms with Gasteiger partial charge in [0, 0.05) is 5.22 Å². The minimum atomic E-state index is -0.478. The number of benzene rings is 1. The number of amides is 1. The van der Waals surface area contributed by atoms with E-state index in [1.54, 1.807) is 17.3 Å². The molecule has 0 bridgehead atoms. The van der Waals surface area contributed by atoms with Gasteiger partial charge in [-0.15, -0.1) is 5.10 Å². The van der Waals surface area contributed by atoms with Crippen molar-refractivity contribution in [2.24, 2.45) is 10.1 Å². The first-order valence-corrected chi connectivity index (χ1v) is 8.29. The SMILES string of the molecule is CCSC1=NN2C(=c3ccccc3=N[C@@H]2c2ccco2)C(=O)N1. The van der Waals surface area contributed by atoms with Crippen LogP contribution in [-0.2, 0) is 4.79 Å². The van der Waals surface area contributed by atoms with E-state index < -0.39 is 6.17 Å². The molecule has 3 heterocycles. The fourth-order valence-electron chi connectivity index (χ4n) is 2.65. The molecule has 0 saturated carbocycles. The fraction of sp³-hybridized carbons (Fsp3) is 0.188. The first-order chi connectivity index (χ1) is 11.3. The van der Waals surface area contributed by atoms with E-state index in [2.05, 4.69) is 10.4 Å². The maximum atomic E-state index is 12.6. The maximum absolute atomic E-state index is 12.6. The molecule has 0 radical (unpaired) electrons. The van der Waals surface area contributed by atoms with Crippen molar-refractivity contribution in [2.75, 3.05) is 5.75 Å². The zero-order chi connectivity index (χ0) is 15.8. The number of hydrazone groups is 1. The lowest BCUT2D eigenvalue weighted by atomic mass is 10.1. The molecule has 2 aliphatic heterocycles. The van der Waals surface area contributed by atoms with Gasteiger partial charge >= 0.3 is 0 Å². The first-order valence-electron chi connectivity index (χ1n) is 7.30. The Bertz CT molecular complexity index is 904. The van der Waals surface area contributed by atoms with Crippen molar-refractivity contribution in [1.82, 2.24) is 10.3 Å². The standard InChI is InChI=1S/C16H14N4O2S/c1-2-23-16-18-15(21)13-10-6-3-4-7-11(10)17-14(20(13)19-16)12-8-5-9-22-12/h3-9,14H,2H2,1H3,(H,18,19,21)/t14-/m0/s1. The molecule has 2 aliphatic rings. The van der Waals surface area contributed by atoms with Crippen LogP contribution in [0, 0.1) is 0 Å². The maximum Gasteiger partial charge on any atom is 0.276 e. The van der Waals surface area contributed by atoms with Gasteiger partial charge in [-0.05, 0) is 24.0 Å². The van der Waals surface area contributed by atoms with Crippen molar-refractivity contribution < 1.29 is 9.21 Å². The van der Waals surface area contributed by atoms with Crippen molar-refractivity contribution in [3.05, 3.63) is 59.0 Å². The van der Waals surface area contributed by atoms with Gasteiger partial charge < -0.3 is 4.42 Å². The molecule has 0 fully saturated rings. The third-order valence-corrected chi connectivity index (χ3v) is 4.34. The zero-order valence-electron chi connectivity index (χ0n) is 12.4. The third kappa shape index (κ3) is 2.33. The van der Waals surface area contributed by atoms with Gasteiger partial charge in [-0.1, -0.05) is 36.9 Å². The van der Waals surface area contributed by atoms with Crippen LogP contribution in [0.5, 0.6) is 0 Å². The lowest BCUT2D eigenvalue weighted by Gasteiger charge is -2.32. The summed E-state index contributed by atoms with van der Waals surface area (Å²) in [4.78, 5) is 17.4. The van der Waals surface area contributed by atoms with Gasteiger partial charge in [-0.25, -0.2) is 10.0 Å². The summed E-state index contributed by atoms with van der Waals surface area (Å²) in [5.74, 6) is 1.30. The van der Waals surface area contributed by atoms with Crippen LogP contribution in [0.25, 0.3) is 5.70 Å². The summed E-state index contributed by atoms with van der Waals surface area (Å²) in [6.07, 6.45) is 1.12. The number of fused-ring (bicyclic) bond motifs is 2. The van der Waals surface area contributed by atoms with Gasteiger partial charge in [0.05, 0.1) is 11.6 Å². The van der Waals surface area contributed by atoms with E-state index in [4.69, 9.17) is 9.41 Å². The Morgan fingerprint density at radius 1 is 1.30 bits per heavy atom. The highest BCUT2D eigenvalue weighted by molar-refractivity contribution is 8.13. The zero-order valence-corrected chi connectivity index (χ0v) is 13.2. The first kappa shape index (κ1) is 14.1. The molecule has 4 rings (SSSR count). The number of furan rings is 1. The van der Waals surface area contributed by atoms with Crippen LogP contribution in [0.2, 0.25) is 0 Å². The number of thioether (sulfide) groups is 1. The molecule has 1 aromatic heterocycles. The molecule has 1 aromatic carbocycles. The minimum absolute atomic E-state index is 0.171. The lowest BCUT2D eigenvalue weighted by Crippen LogP contribution is -2.50. The number of para-hydroxylation sites is 1. The Hall–Kier alpha value is -2.54. The molecule has 23 heavy (non-hydrogen) atoms. The van der Waals surface area contributed by atoms with E-state index in [9.17, 15) is 4.79 Å². The average molecular weight is 326 g/mol. The van der Waals surface area contributed by atoms with E-state index in [-0.39, 0.29) is 5.91 Å². The molecule has 0 saturated heterocycles. The van der Waals surface area contributed by atoms with Gasteiger partial charge in [-0.2, -0.15) is 0 Å². The summed E-state index contributed by atoms with van der Waals surface area (Å²) in [7, 11) is 0. The number of rotatable bonds is 2. The normalized spacial score (nSPS) is 19.4. The Balaban J connectivity index is 1.96. The largest absolute Gasteiger partial charge is 0.465 e. The van der Waals surface area contributed by atoms with E-state index in [0.29, 0.717) is 16.6 Å². The second-order valence-electron chi connectivity index (χ2n) is 5.02. The molecular weight excluding hydrogens is 312 g/mol. The predicted molar refractivity (Wildman–Crippen MR) is 87.6 cm³/mol. The molecule has 116 valence electrons. The van der Waals surface area contributed by atoms with Gasteiger partial charge in [0.1, 0.15) is 11.5 Å². The van der Waals surface area contributed by atoms with Crippen molar-refractivity contribution >= 4 is 28.5 Å². The molecule has 0 aliphatic carbocycles. The van der Waals surface area contributed by atoms with Crippen molar-refractivity contribution in [3.63, 3.8) is 0 Å². The summed E-state index contributed by atoms with van der Waals surface area (Å²) in [6, 6.07) is 11.2. The predicted octanol–water partition coefficient (Wildman–Crippen LogP) is 1.18. The van der Waals surface area contributed by atoms with E-state index in [1.165, 1.54) is 11.8 Å².